The average Bonchev–Trinajstić information content (AvgIpc) is 2.92. The Morgan fingerprint density at radius 1 is 1.21 bits per heavy atom. The number of pyridine rings is 1. The summed E-state index contributed by atoms with van der Waals surface area (Å²) in [5.74, 6) is -0.161. The van der Waals surface area contributed by atoms with Crippen molar-refractivity contribution < 1.29 is 9.53 Å². The zero-order valence-electron chi connectivity index (χ0n) is 12.7. The van der Waals surface area contributed by atoms with E-state index in [-0.39, 0.29) is 5.69 Å². The molecule has 0 aliphatic heterocycles. The minimum Gasteiger partial charge on any atom is -0.403 e. The largest absolute Gasteiger partial charge is 0.403 e. The van der Waals surface area contributed by atoms with Crippen LogP contribution in [-0.2, 0) is 6.54 Å². The van der Waals surface area contributed by atoms with Gasteiger partial charge < -0.3 is 4.74 Å². The molecule has 2 aromatic heterocycles. The molecule has 7 heteroatoms. The number of rotatable bonds is 4. The molecule has 0 radical (unpaired) electrons. The average molecular weight is 362 g/mol. The third kappa shape index (κ3) is 3.58. The second-order valence-corrected chi connectivity index (χ2v) is 5.96. The summed E-state index contributed by atoms with van der Waals surface area (Å²) in [4.78, 5) is 16.2. The van der Waals surface area contributed by atoms with Crippen molar-refractivity contribution in [3.8, 4) is 5.88 Å². The van der Waals surface area contributed by atoms with Crippen molar-refractivity contribution in [1.82, 2.24) is 14.8 Å². The highest BCUT2D eigenvalue weighted by molar-refractivity contribution is 6.42. The first-order valence-corrected chi connectivity index (χ1v) is 7.90. The lowest BCUT2D eigenvalue weighted by molar-refractivity contribution is 0.0711. The number of halogens is 2. The van der Waals surface area contributed by atoms with E-state index in [0.29, 0.717) is 22.5 Å². The maximum Gasteiger partial charge on any atom is 0.363 e. The van der Waals surface area contributed by atoms with Crippen LogP contribution >= 0.6 is 23.2 Å². The molecular formula is C17H13Cl2N3O2. The minimum atomic E-state index is -0.533. The second kappa shape index (κ2) is 7.03. The van der Waals surface area contributed by atoms with E-state index < -0.39 is 5.97 Å². The van der Waals surface area contributed by atoms with Gasteiger partial charge in [0.15, 0.2) is 0 Å². The summed E-state index contributed by atoms with van der Waals surface area (Å²) in [6, 6.07) is 10.4. The van der Waals surface area contributed by atoms with Gasteiger partial charge in [-0.25, -0.2) is 14.5 Å². The fourth-order valence-electron chi connectivity index (χ4n) is 2.15. The minimum absolute atomic E-state index is 0.235. The fraction of sp³-hybridized carbons (Fsp3) is 0.118. The molecule has 0 aliphatic rings. The first-order valence-electron chi connectivity index (χ1n) is 7.14. The van der Waals surface area contributed by atoms with Gasteiger partial charge in [-0.2, -0.15) is 5.10 Å². The number of aryl methyl sites for hydroxylation is 1. The molecule has 3 rings (SSSR count). The lowest BCUT2D eigenvalue weighted by Crippen LogP contribution is -2.14. The molecule has 0 saturated carbocycles. The van der Waals surface area contributed by atoms with E-state index in [1.165, 1.54) is 6.20 Å². The van der Waals surface area contributed by atoms with Crippen LogP contribution in [0.4, 0.5) is 0 Å². The van der Waals surface area contributed by atoms with Gasteiger partial charge in [0.2, 0.25) is 5.88 Å². The molecule has 2 heterocycles. The Balaban J connectivity index is 1.83. The van der Waals surface area contributed by atoms with Crippen molar-refractivity contribution in [2.75, 3.05) is 0 Å². The van der Waals surface area contributed by atoms with Crippen LogP contribution in [-0.4, -0.2) is 20.7 Å². The van der Waals surface area contributed by atoms with E-state index in [4.69, 9.17) is 27.9 Å². The lowest BCUT2D eigenvalue weighted by atomic mass is 10.2. The summed E-state index contributed by atoms with van der Waals surface area (Å²) in [6.07, 6.45) is 3.18. The van der Waals surface area contributed by atoms with Crippen molar-refractivity contribution in [1.29, 1.82) is 0 Å². The number of ether oxygens (including phenoxy) is 1. The maximum atomic E-state index is 12.2. The van der Waals surface area contributed by atoms with Gasteiger partial charge in [-0.3, -0.25) is 0 Å². The van der Waals surface area contributed by atoms with Crippen LogP contribution in [0.3, 0.4) is 0 Å². The van der Waals surface area contributed by atoms with Crippen molar-refractivity contribution in [3.05, 3.63) is 75.7 Å². The van der Waals surface area contributed by atoms with Crippen LogP contribution in [0.5, 0.6) is 5.88 Å². The van der Waals surface area contributed by atoms with Gasteiger partial charge in [0.05, 0.1) is 22.8 Å². The molecule has 0 aliphatic carbocycles. The van der Waals surface area contributed by atoms with Gasteiger partial charge >= 0.3 is 5.97 Å². The number of carbonyl (C=O) groups is 1. The van der Waals surface area contributed by atoms with E-state index >= 15 is 0 Å². The summed E-state index contributed by atoms with van der Waals surface area (Å²) in [5, 5.41) is 5.20. The number of aromatic nitrogens is 3. The summed E-state index contributed by atoms with van der Waals surface area (Å²) in [7, 11) is 0. The second-order valence-electron chi connectivity index (χ2n) is 5.14. The van der Waals surface area contributed by atoms with Crippen LogP contribution in [0.15, 0.2) is 48.8 Å². The molecule has 5 nitrogen and oxygen atoms in total. The maximum absolute atomic E-state index is 12.2. The standard InChI is InChI=1S/C17H13Cl2N3O2/c1-11-9-21-22(10-12-5-6-13(18)14(19)8-12)16(11)24-17(23)15-4-2-3-7-20-15/h2-9H,10H2,1H3. The van der Waals surface area contributed by atoms with E-state index in [0.717, 1.165) is 11.1 Å². The molecule has 1 aromatic carbocycles. The zero-order valence-corrected chi connectivity index (χ0v) is 14.3. The quantitative estimate of drug-likeness (QED) is 0.654. The van der Waals surface area contributed by atoms with E-state index in [1.807, 2.05) is 13.0 Å². The Morgan fingerprint density at radius 3 is 2.75 bits per heavy atom. The number of esters is 1. The Bertz CT molecular complexity index is 879. The number of carbonyl (C=O) groups excluding carboxylic acids is 1. The van der Waals surface area contributed by atoms with Gasteiger partial charge in [-0.05, 0) is 36.8 Å². The van der Waals surface area contributed by atoms with Crippen molar-refractivity contribution in [2.24, 2.45) is 0 Å². The highest BCUT2D eigenvalue weighted by Gasteiger charge is 2.16. The number of hydrogen-bond donors (Lipinski definition) is 0. The predicted molar refractivity (Wildman–Crippen MR) is 91.7 cm³/mol. The summed E-state index contributed by atoms with van der Waals surface area (Å²) in [6.45, 7) is 2.22. The first kappa shape index (κ1) is 16.5. The van der Waals surface area contributed by atoms with E-state index in [9.17, 15) is 4.79 Å². The SMILES string of the molecule is Cc1cnn(Cc2ccc(Cl)c(Cl)c2)c1OC(=O)c1ccccn1. The molecule has 0 atom stereocenters. The van der Waals surface area contributed by atoms with Crippen molar-refractivity contribution in [3.63, 3.8) is 0 Å². The highest BCUT2D eigenvalue weighted by atomic mass is 35.5. The molecule has 0 spiro atoms. The molecular weight excluding hydrogens is 349 g/mol. The Labute approximate surface area is 148 Å². The molecule has 0 amide bonds. The molecule has 0 unspecified atom stereocenters. The monoisotopic (exact) mass is 361 g/mol. The normalized spacial score (nSPS) is 10.6. The van der Waals surface area contributed by atoms with E-state index in [2.05, 4.69) is 10.1 Å². The number of hydrogen-bond acceptors (Lipinski definition) is 4. The molecule has 0 saturated heterocycles. The molecule has 0 N–H and O–H groups in total. The highest BCUT2D eigenvalue weighted by Crippen LogP contribution is 2.25. The van der Waals surface area contributed by atoms with Crippen molar-refractivity contribution in [2.45, 2.75) is 13.5 Å². The smallest absolute Gasteiger partial charge is 0.363 e. The predicted octanol–water partition coefficient (Wildman–Crippen LogP) is 4.16. The third-order valence-corrected chi connectivity index (χ3v) is 4.08. The van der Waals surface area contributed by atoms with Crippen LogP contribution in [0.2, 0.25) is 10.0 Å². The topological polar surface area (TPSA) is 57.0 Å². The van der Waals surface area contributed by atoms with Gasteiger partial charge in [0, 0.05) is 11.8 Å². The molecule has 24 heavy (non-hydrogen) atoms. The van der Waals surface area contributed by atoms with E-state index in [1.54, 1.807) is 41.2 Å². The lowest BCUT2D eigenvalue weighted by Gasteiger charge is -2.09. The van der Waals surface area contributed by atoms with Gasteiger partial charge in [-0.15, -0.1) is 0 Å². The Kier molecular flexibility index (Phi) is 4.83. The summed E-state index contributed by atoms with van der Waals surface area (Å²) in [5.41, 5.74) is 1.88. The third-order valence-electron chi connectivity index (χ3n) is 3.34. The van der Waals surface area contributed by atoms with Gasteiger partial charge in [-0.1, -0.05) is 35.3 Å². The zero-order chi connectivity index (χ0) is 17.1. The molecule has 122 valence electrons. The number of benzene rings is 1. The fourth-order valence-corrected chi connectivity index (χ4v) is 2.47. The molecule has 0 fully saturated rings. The molecule has 0 bridgehead atoms. The van der Waals surface area contributed by atoms with Crippen LogP contribution in [0, 0.1) is 6.92 Å². The summed E-state index contributed by atoms with van der Waals surface area (Å²) >= 11 is 12.0. The Morgan fingerprint density at radius 2 is 2.04 bits per heavy atom. The van der Waals surface area contributed by atoms with Crippen LogP contribution in [0.25, 0.3) is 0 Å². The van der Waals surface area contributed by atoms with Gasteiger partial charge in [0.25, 0.3) is 0 Å². The van der Waals surface area contributed by atoms with Crippen LogP contribution in [0.1, 0.15) is 21.6 Å². The summed E-state index contributed by atoms with van der Waals surface area (Å²) < 4.78 is 7.06. The van der Waals surface area contributed by atoms with Crippen LogP contribution < -0.4 is 4.74 Å². The van der Waals surface area contributed by atoms with Crippen molar-refractivity contribution >= 4 is 29.2 Å². The Hall–Kier alpha value is -2.37. The number of nitrogens with zero attached hydrogens (tertiary/aromatic N) is 3. The van der Waals surface area contributed by atoms with Gasteiger partial charge in [0.1, 0.15) is 5.69 Å². The molecule has 3 aromatic rings. The first-order chi connectivity index (χ1) is 11.5.